The number of ether oxygens (including phenoxy) is 1. The summed E-state index contributed by atoms with van der Waals surface area (Å²) in [4.78, 5) is 30.7. The molecule has 0 spiro atoms. The molecule has 0 radical (unpaired) electrons. The highest BCUT2D eigenvalue weighted by Gasteiger charge is 2.50. The maximum absolute atomic E-state index is 14.7. The topological polar surface area (TPSA) is 81.1 Å². The first-order chi connectivity index (χ1) is 15.8. The van der Waals surface area contributed by atoms with Crippen molar-refractivity contribution < 1.29 is 27.1 Å². The summed E-state index contributed by atoms with van der Waals surface area (Å²) in [5.41, 5.74) is -0.802. The Morgan fingerprint density at radius 1 is 1.03 bits per heavy atom. The number of benzene rings is 1. The summed E-state index contributed by atoms with van der Waals surface area (Å²) in [6, 6.07) is 5.17. The summed E-state index contributed by atoms with van der Waals surface area (Å²) in [7, 11) is 0. The highest BCUT2D eigenvalue weighted by atomic mass is 19.4. The van der Waals surface area contributed by atoms with Crippen molar-refractivity contribution in [2.24, 2.45) is 0 Å². The lowest BCUT2D eigenvalue weighted by Crippen LogP contribution is -2.39. The van der Waals surface area contributed by atoms with E-state index >= 15 is 0 Å². The van der Waals surface area contributed by atoms with Crippen molar-refractivity contribution in [3.05, 3.63) is 66.0 Å². The first kappa shape index (κ1) is 21.2. The Morgan fingerprint density at radius 3 is 2.45 bits per heavy atom. The molecule has 170 valence electrons. The van der Waals surface area contributed by atoms with E-state index < -0.39 is 23.7 Å². The lowest BCUT2D eigenvalue weighted by Gasteiger charge is -2.25. The Bertz CT molecular complexity index is 1170. The zero-order valence-electron chi connectivity index (χ0n) is 17.0. The highest BCUT2D eigenvalue weighted by molar-refractivity contribution is 6.01. The molecule has 5 rings (SSSR count). The fourth-order valence-electron chi connectivity index (χ4n) is 4.53. The van der Waals surface area contributed by atoms with Gasteiger partial charge in [-0.15, -0.1) is 0 Å². The van der Waals surface area contributed by atoms with E-state index in [1.165, 1.54) is 30.6 Å². The monoisotopic (exact) mass is 459 g/mol. The predicted octanol–water partition coefficient (Wildman–Crippen LogP) is 3.92. The summed E-state index contributed by atoms with van der Waals surface area (Å²) >= 11 is 0. The lowest BCUT2D eigenvalue weighted by molar-refractivity contribution is -0.138. The van der Waals surface area contributed by atoms with Gasteiger partial charge in [0.25, 0.3) is 5.91 Å². The van der Waals surface area contributed by atoms with Gasteiger partial charge in [-0.25, -0.2) is 24.3 Å². The molecule has 7 nitrogen and oxygen atoms in total. The number of aromatic nitrogens is 4. The van der Waals surface area contributed by atoms with Crippen molar-refractivity contribution in [1.29, 1.82) is 0 Å². The van der Waals surface area contributed by atoms with Crippen LogP contribution in [0.4, 0.5) is 17.6 Å². The smallest absolute Gasteiger partial charge is 0.419 e. The van der Waals surface area contributed by atoms with Crippen LogP contribution in [0.3, 0.4) is 0 Å². The maximum Gasteiger partial charge on any atom is 0.419 e. The number of hydrogen-bond donors (Lipinski definition) is 0. The van der Waals surface area contributed by atoms with Crippen molar-refractivity contribution in [2.45, 2.75) is 43.6 Å². The van der Waals surface area contributed by atoms with Crippen molar-refractivity contribution in [2.75, 3.05) is 0 Å². The molecule has 0 saturated carbocycles. The van der Waals surface area contributed by atoms with E-state index in [1.807, 2.05) is 0 Å². The lowest BCUT2D eigenvalue weighted by atomic mass is 9.98. The molecule has 11 heteroatoms. The molecule has 2 saturated heterocycles. The summed E-state index contributed by atoms with van der Waals surface area (Å²) in [6.07, 6.45) is 1.12. The van der Waals surface area contributed by atoms with Crippen molar-refractivity contribution in [3.8, 4) is 17.4 Å². The van der Waals surface area contributed by atoms with Gasteiger partial charge < -0.3 is 9.64 Å². The van der Waals surface area contributed by atoms with Gasteiger partial charge in [-0.05, 0) is 31.0 Å². The van der Waals surface area contributed by atoms with Gasteiger partial charge in [0.05, 0.1) is 22.7 Å². The van der Waals surface area contributed by atoms with Crippen LogP contribution in [0.15, 0.2) is 49.1 Å². The second-order valence-corrected chi connectivity index (χ2v) is 7.89. The van der Waals surface area contributed by atoms with Crippen LogP contribution in [-0.4, -0.2) is 48.9 Å². The normalized spacial score (nSPS) is 21.9. The molecule has 2 fully saturated rings. The number of nitrogens with zero attached hydrogens (tertiary/aromatic N) is 5. The number of carbonyl (C=O) groups is 1. The molecule has 1 amide bonds. The van der Waals surface area contributed by atoms with Gasteiger partial charge in [0.15, 0.2) is 5.82 Å². The van der Waals surface area contributed by atoms with E-state index in [-0.39, 0.29) is 41.0 Å². The third kappa shape index (κ3) is 3.87. The van der Waals surface area contributed by atoms with E-state index in [0.717, 1.165) is 6.42 Å². The predicted molar refractivity (Wildman–Crippen MR) is 106 cm³/mol. The Hall–Kier alpha value is -3.63. The van der Waals surface area contributed by atoms with Crippen LogP contribution in [0.2, 0.25) is 0 Å². The molecule has 3 aromatic rings. The summed E-state index contributed by atoms with van der Waals surface area (Å²) in [6.45, 7) is 0. The standard InChI is InChI=1S/C22H17F4N5O2/c23-15-4-1-3-14(18(15)19-27-7-2-8-28-19)20(32)31-13-5-6-16(31)17(9-13)33-21-29-10-12(11-30-21)22(24,25)26/h1-4,7-8,10-11,13,16-17H,5-6,9H2/t13-,16+,17-/m0/s1. The fraction of sp³-hybridized carbons (Fsp3) is 0.318. The molecule has 1 aromatic carbocycles. The molecular weight excluding hydrogens is 442 g/mol. The van der Waals surface area contributed by atoms with Gasteiger partial charge in [0.1, 0.15) is 11.9 Å². The van der Waals surface area contributed by atoms with Gasteiger partial charge in [0.2, 0.25) is 0 Å². The minimum Gasteiger partial charge on any atom is -0.458 e. The van der Waals surface area contributed by atoms with E-state index in [9.17, 15) is 22.4 Å². The molecule has 4 heterocycles. The number of alkyl halides is 3. The Balaban J connectivity index is 1.39. The van der Waals surface area contributed by atoms with Crippen LogP contribution >= 0.6 is 0 Å². The fourth-order valence-corrected chi connectivity index (χ4v) is 4.53. The van der Waals surface area contributed by atoms with Crippen molar-refractivity contribution >= 4 is 5.91 Å². The SMILES string of the molecule is O=C(c1cccc(F)c1-c1ncccn1)N1[C@H]2CC[C@@H]1[C@@H](Oc1ncc(C(F)(F)F)cn1)C2. The molecule has 0 aliphatic carbocycles. The van der Waals surface area contributed by atoms with Gasteiger partial charge in [0, 0.05) is 37.3 Å². The number of fused-ring (bicyclic) bond motifs is 2. The van der Waals surface area contributed by atoms with E-state index in [2.05, 4.69) is 19.9 Å². The molecule has 2 aromatic heterocycles. The number of carbonyl (C=O) groups excluding carboxylic acids is 1. The number of amides is 1. The minimum atomic E-state index is -4.54. The zero-order valence-corrected chi connectivity index (χ0v) is 17.0. The number of hydrogen-bond acceptors (Lipinski definition) is 6. The third-order valence-corrected chi connectivity index (χ3v) is 5.96. The maximum atomic E-state index is 14.7. The minimum absolute atomic E-state index is 0.0259. The Labute approximate surface area is 185 Å². The van der Waals surface area contributed by atoms with E-state index in [4.69, 9.17) is 4.74 Å². The Kier molecular flexibility index (Phi) is 5.18. The first-order valence-electron chi connectivity index (χ1n) is 10.3. The number of halogens is 4. The molecule has 0 unspecified atom stereocenters. The summed E-state index contributed by atoms with van der Waals surface area (Å²) in [5, 5.41) is 0. The van der Waals surface area contributed by atoms with Gasteiger partial charge >= 0.3 is 12.2 Å². The van der Waals surface area contributed by atoms with Crippen LogP contribution < -0.4 is 4.74 Å². The quantitative estimate of drug-likeness (QED) is 0.551. The summed E-state index contributed by atoms with van der Waals surface area (Å²) in [5.74, 6) is -0.870. The molecule has 2 aliphatic heterocycles. The molecule has 0 N–H and O–H groups in total. The van der Waals surface area contributed by atoms with Crippen molar-refractivity contribution in [1.82, 2.24) is 24.8 Å². The molecule has 33 heavy (non-hydrogen) atoms. The second kappa shape index (κ2) is 8.05. The summed E-state index contributed by atoms with van der Waals surface area (Å²) < 4.78 is 58.6. The van der Waals surface area contributed by atoms with Gasteiger partial charge in [-0.2, -0.15) is 13.2 Å². The van der Waals surface area contributed by atoms with Crippen LogP contribution in [0.25, 0.3) is 11.4 Å². The average Bonchev–Trinajstić information content (AvgIpc) is 3.36. The second-order valence-electron chi connectivity index (χ2n) is 7.89. The number of rotatable bonds is 4. The van der Waals surface area contributed by atoms with E-state index in [1.54, 1.807) is 11.0 Å². The molecule has 3 atom stereocenters. The zero-order chi connectivity index (χ0) is 23.2. The third-order valence-electron chi connectivity index (χ3n) is 5.96. The van der Waals surface area contributed by atoms with Gasteiger partial charge in [-0.1, -0.05) is 6.07 Å². The van der Waals surface area contributed by atoms with E-state index in [0.29, 0.717) is 25.2 Å². The molecular formula is C22H17F4N5O2. The molecule has 2 bridgehead atoms. The highest BCUT2D eigenvalue weighted by Crippen LogP contribution is 2.41. The first-order valence-corrected chi connectivity index (χ1v) is 10.3. The van der Waals surface area contributed by atoms with Gasteiger partial charge in [-0.3, -0.25) is 4.79 Å². The van der Waals surface area contributed by atoms with Crippen molar-refractivity contribution in [3.63, 3.8) is 0 Å². The van der Waals surface area contributed by atoms with Crippen LogP contribution in [0, 0.1) is 5.82 Å². The van der Waals surface area contributed by atoms with Crippen LogP contribution in [0.5, 0.6) is 6.01 Å². The van der Waals surface area contributed by atoms with Crippen LogP contribution in [0.1, 0.15) is 35.2 Å². The average molecular weight is 459 g/mol. The van der Waals surface area contributed by atoms with Crippen LogP contribution in [-0.2, 0) is 6.18 Å². The molecule has 2 aliphatic rings. The Morgan fingerprint density at radius 2 is 1.76 bits per heavy atom. The largest absolute Gasteiger partial charge is 0.458 e.